The number of benzene rings is 6. The standard InChI is InChI=1S/C44H46O4/c1-5-7-9-11-27-37(45)47-43-33-23-15-13-21-31(33)41(35-25-17-19-29(3)39(35)43)42-32-22-14-16-24-34(32)44(40-30(4)20-18-26-36(40)42)48-38(46)28-12-10-8-6-2/h13-26H,5-12,27-28H2,1-4H3. The molecule has 0 amide bonds. The molecule has 0 fully saturated rings. The van der Waals surface area contributed by atoms with Gasteiger partial charge in [-0.2, -0.15) is 0 Å². The van der Waals surface area contributed by atoms with E-state index in [1.807, 2.05) is 24.3 Å². The summed E-state index contributed by atoms with van der Waals surface area (Å²) in [5.41, 5.74) is 4.26. The first-order chi connectivity index (χ1) is 23.4. The molecule has 0 heterocycles. The second-order valence-corrected chi connectivity index (χ2v) is 13.1. The van der Waals surface area contributed by atoms with Gasteiger partial charge in [0.2, 0.25) is 0 Å². The smallest absolute Gasteiger partial charge is 0.311 e. The second-order valence-electron chi connectivity index (χ2n) is 13.1. The molecular weight excluding hydrogens is 592 g/mol. The van der Waals surface area contributed by atoms with E-state index in [1.54, 1.807) is 0 Å². The summed E-state index contributed by atoms with van der Waals surface area (Å²) in [5.74, 6) is 0.865. The lowest BCUT2D eigenvalue weighted by atomic mass is 9.84. The van der Waals surface area contributed by atoms with Crippen molar-refractivity contribution in [1.29, 1.82) is 0 Å². The molecule has 6 aromatic carbocycles. The number of unbranched alkanes of at least 4 members (excludes halogenated alkanes) is 6. The summed E-state index contributed by atoms with van der Waals surface area (Å²) in [4.78, 5) is 26.6. The molecule has 0 spiro atoms. The molecule has 0 N–H and O–H groups in total. The molecule has 0 atom stereocenters. The predicted octanol–water partition coefficient (Wildman–Crippen LogP) is 12.3. The molecule has 0 unspecified atom stereocenters. The minimum absolute atomic E-state index is 0.194. The van der Waals surface area contributed by atoms with Gasteiger partial charge < -0.3 is 9.47 Å². The first-order valence-corrected chi connectivity index (χ1v) is 17.7. The molecular formula is C44H46O4. The number of rotatable bonds is 13. The zero-order valence-electron chi connectivity index (χ0n) is 28.8. The summed E-state index contributed by atoms with van der Waals surface area (Å²) < 4.78 is 12.6. The maximum absolute atomic E-state index is 13.3. The van der Waals surface area contributed by atoms with E-state index >= 15 is 0 Å². The van der Waals surface area contributed by atoms with E-state index in [0.29, 0.717) is 24.3 Å². The number of carbonyl (C=O) groups is 2. The van der Waals surface area contributed by atoms with E-state index in [0.717, 1.165) is 117 Å². The first-order valence-electron chi connectivity index (χ1n) is 17.7. The van der Waals surface area contributed by atoms with Crippen LogP contribution in [0.4, 0.5) is 0 Å². The number of ether oxygens (including phenoxy) is 2. The molecule has 0 radical (unpaired) electrons. The molecule has 0 bridgehead atoms. The van der Waals surface area contributed by atoms with Crippen molar-refractivity contribution in [3.8, 4) is 22.6 Å². The van der Waals surface area contributed by atoms with Gasteiger partial charge in [0.25, 0.3) is 0 Å². The minimum Gasteiger partial charge on any atom is -0.425 e. The number of aryl methyl sites for hydroxylation is 2. The predicted molar refractivity (Wildman–Crippen MR) is 200 cm³/mol. The zero-order chi connectivity index (χ0) is 33.6. The van der Waals surface area contributed by atoms with Crippen molar-refractivity contribution in [2.75, 3.05) is 0 Å². The highest BCUT2D eigenvalue weighted by molar-refractivity contribution is 6.27. The van der Waals surface area contributed by atoms with E-state index in [4.69, 9.17) is 9.47 Å². The van der Waals surface area contributed by atoms with Crippen LogP contribution in [-0.4, -0.2) is 11.9 Å². The minimum atomic E-state index is -0.194. The summed E-state index contributed by atoms with van der Waals surface area (Å²) >= 11 is 0. The van der Waals surface area contributed by atoms with Gasteiger partial charge in [-0.1, -0.05) is 137 Å². The third-order valence-corrected chi connectivity index (χ3v) is 9.57. The van der Waals surface area contributed by atoms with E-state index in [2.05, 4.69) is 88.4 Å². The van der Waals surface area contributed by atoms with Crippen molar-refractivity contribution in [2.45, 2.75) is 91.9 Å². The van der Waals surface area contributed by atoms with Crippen LogP contribution in [0.2, 0.25) is 0 Å². The molecule has 6 rings (SSSR count). The quantitative estimate of drug-likeness (QED) is 0.0547. The fourth-order valence-corrected chi connectivity index (χ4v) is 7.19. The monoisotopic (exact) mass is 638 g/mol. The Morgan fingerprint density at radius 3 is 1.23 bits per heavy atom. The van der Waals surface area contributed by atoms with E-state index in [1.165, 1.54) is 0 Å². The number of esters is 2. The Hall–Kier alpha value is -4.70. The fraction of sp³-hybridized carbons (Fsp3) is 0.318. The summed E-state index contributed by atoms with van der Waals surface area (Å²) in [5, 5.41) is 7.77. The molecule has 0 aliphatic heterocycles. The summed E-state index contributed by atoms with van der Waals surface area (Å²) in [6, 6.07) is 29.1. The Kier molecular flexibility index (Phi) is 10.4. The topological polar surface area (TPSA) is 52.6 Å². The summed E-state index contributed by atoms with van der Waals surface area (Å²) in [6.45, 7) is 8.51. The van der Waals surface area contributed by atoms with Crippen molar-refractivity contribution in [3.63, 3.8) is 0 Å². The van der Waals surface area contributed by atoms with Gasteiger partial charge in [0.15, 0.2) is 0 Å². The van der Waals surface area contributed by atoms with Gasteiger partial charge in [-0.3, -0.25) is 9.59 Å². The summed E-state index contributed by atoms with van der Waals surface area (Å²) in [7, 11) is 0. The van der Waals surface area contributed by atoms with Crippen LogP contribution in [0.1, 0.15) is 89.2 Å². The summed E-state index contributed by atoms with van der Waals surface area (Å²) in [6.07, 6.45) is 8.97. The average Bonchev–Trinajstić information content (AvgIpc) is 3.09. The molecule has 0 aliphatic rings. The van der Waals surface area contributed by atoms with Crippen LogP contribution in [0.5, 0.6) is 11.5 Å². The molecule has 6 aromatic rings. The van der Waals surface area contributed by atoms with Crippen LogP contribution >= 0.6 is 0 Å². The Morgan fingerprint density at radius 1 is 0.458 bits per heavy atom. The Balaban J connectivity index is 1.61. The van der Waals surface area contributed by atoms with Crippen LogP contribution in [0.15, 0.2) is 84.9 Å². The molecule has 4 nitrogen and oxygen atoms in total. The number of hydrogen-bond donors (Lipinski definition) is 0. The van der Waals surface area contributed by atoms with Gasteiger partial charge in [-0.15, -0.1) is 0 Å². The molecule has 4 heteroatoms. The van der Waals surface area contributed by atoms with Crippen LogP contribution in [0.3, 0.4) is 0 Å². The van der Waals surface area contributed by atoms with Gasteiger partial charge in [-0.25, -0.2) is 0 Å². The number of carbonyl (C=O) groups excluding carboxylic acids is 2. The van der Waals surface area contributed by atoms with Gasteiger partial charge >= 0.3 is 11.9 Å². The van der Waals surface area contributed by atoms with Crippen LogP contribution in [0, 0.1) is 13.8 Å². The van der Waals surface area contributed by atoms with Crippen LogP contribution < -0.4 is 9.47 Å². The zero-order valence-corrected chi connectivity index (χ0v) is 28.8. The fourth-order valence-electron chi connectivity index (χ4n) is 7.19. The molecule has 0 saturated heterocycles. The van der Waals surface area contributed by atoms with E-state index in [-0.39, 0.29) is 11.9 Å². The third-order valence-electron chi connectivity index (χ3n) is 9.57. The van der Waals surface area contributed by atoms with Crippen LogP contribution in [-0.2, 0) is 9.59 Å². The van der Waals surface area contributed by atoms with E-state index in [9.17, 15) is 9.59 Å². The lowest BCUT2D eigenvalue weighted by Gasteiger charge is -2.22. The lowest BCUT2D eigenvalue weighted by molar-refractivity contribution is -0.135. The number of fused-ring (bicyclic) bond motifs is 4. The number of hydrogen-bond acceptors (Lipinski definition) is 4. The largest absolute Gasteiger partial charge is 0.425 e. The van der Waals surface area contributed by atoms with E-state index < -0.39 is 0 Å². The molecule has 246 valence electrons. The normalized spacial score (nSPS) is 11.5. The van der Waals surface area contributed by atoms with Gasteiger partial charge in [0, 0.05) is 34.4 Å². The van der Waals surface area contributed by atoms with Gasteiger partial charge in [-0.05, 0) is 70.5 Å². The van der Waals surface area contributed by atoms with Gasteiger partial charge in [0.1, 0.15) is 11.5 Å². The van der Waals surface area contributed by atoms with Crippen molar-refractivity contribution < 1.29 is 19.1 Å². The molecule has 0 aromatic heterocycles. The first kappa shape index (κ1) is 33.2. The second kappa shape index (κ2) is 15.0. The molecule has 48 heavy (non-hydrogen) atoms. The highest BCUT2D eigenvalue weighted by Gasteiger charge is 2.25. The average molecular weight is 639 g/mol. The molecule has 0 saturated carbocycles. The third kappa shape index (κ3) is 6.54. The van der Waals surface area contributed by atoms with Crippen LogP contribution in [0.25, 0.3) is 54.2 Å². The lowest BCUT2D eigenvalue weighted by Crippen LogP contribution is -2.09. The van der Waals surface area contributed by atoms with Crippen molar-refractivity contribution >= 4 is 55.0 Å². The van der Waals surface area contributed by atoms with Crippen molar-refractivity contribution in [2.24, 2.45) is 0 Å². The Morgan fingerprint density at radius 2 is 0.833 bits per heavy atom. The maximum atomic E-state index is 13.3. The highest BCUT2D eigenvalue weighted by atomic mass is 16.5. The van der Waals surface area contributed by atoms with Gasteiger partial charge in [0.05, 0.1) is 0 Å². The highest BCUT2D eigenvalue weighted by Crippen LogP contribution is 2.51. The Labute approximate surface area is 284 Å². The SMILES string of the molecule is CCCCCCC(=O)Oc1c2ccccc2c(-c2c3ccccc3c(OC(=O)CCCCCC)c3c(C)cccc23)c2cccc(C)c12. The van der Waals surface area contributed by atoms with Crippen molar-refractivity contribution in [3.05, 3.63) is 96.1 Å². The Bertz CT molecular complexity index is 1970. The van der Waals surface area contributed by atoms with Crippen molar-refractivity contribution in [1.82, 2.24) is 0 Å². The maximum Gasteiger partial charge on any atom is 0.311 e. The molecule has 0 aliphatic carbocycles.